The third-order valence-corrected chi connectivity index (χ3v) is 3.69. The molecule has 0 saturated heterocycles. The number of nitrogens with zero attached hydrogens (tertiary/aromatic N) is 1. The lowest BCUT2D eigenvalue weighted by molar-refractivity contribution is 0.577. The van der Waals surface area contributed by atoms with E-state index in [1.165, 1.54) is 24.3 Å². The summed E-state index contributed by atoms with van der Waals surface area (Å²) < 4.78 is 26.0. The Morgan fingerprint density at radius 2 is 1.83 bits per heavy atom. The predicted octanol–water partition coefficient (Wildman–Crippen LogP) is 0.997. The zero-order chi connectivity index (χ0) is 12.7. The van der Waals surface area contributed by atoms with Crippen LogP contribution in [0.25, 0.3) is 0 Å². The number of hydrogen-bond acceptors (Lipinski definition) is 4. The first-order chi connectivity index (χ1) is 8.10. The Balaban J connectivity index is 0.00000289. The molecular formula is C11H16ClN3O2S. The third kappa shape index (κ3) is 5.02. The standard InChI is InChI=1S/C11H15N3O2S.ClH/c12-7-1-2-8-14-17(15,16)11-5-3-10(9-13)4-6-11;/h3-6,14H,1-2,7-8,12H2;1H. The van der Waals surface area contributed by atoms with Crippen molar-refractivity contribution >= 4 is 22.4 Å². The molecule has 7 heteroatoms. The number of rotatable bonds is 6. The fourth-order valence-corrected chi connectivity index (χ4v) is 2.34. The zero-order valence-electron chi connectivity index (χ0n) is 9.80. The van der Waals surface area contributed by atoms with Crippen LogP contribution in [-0.2, 0) is 10.0 Å². The maximum atomic E-state index is 11.8. The fraction of sp³-hybridized carbons (Fsp3) is 0.364. The van der Waals surface area contributed by atoms with E-state index in [9.17, 15) is 8.42 Å². The van der Waals surface area contributed by atoms with Gasteiger partial charge in [-0.2, -0.15) is 5.26 Å². The summed E-state index contributed by atoms with van der Waals surface area (Å²) in [6.45, 7) is 0.929. The van der Waals surface area contributed by atoms with Gasteiger partial charge in [0, 0.05) is 6.54 Å². The van der Waals surface area contributed by atoms with Crippen LogP contribution in [0.3, 0.4) is 0 Å². The minimum absolute atomic E-state index is 0. The largest absolute Gasteiger partial charge is 0.330 e. The van der Waals surface area contributed by atoms with Gasteiger partial charge in [-0.1, -0.05) is 0 Å². The highest BCUT2D eigenvalue weighted by Gasteiger charge is 2.12. The van der Waals surface area contributed by atoms with E-state index in [2.05, 4.69) is 4.72 Å². The van der Waals surface area contributed by atoms with Gasteiger partial charge in [0.25, 0.3) is 0 Å². The van der Waals surface area contributed by atoms with E-state index in [0.717, 1.165) is 6.42 Å². The van der Waals surface area contributed by atoms with Gasteiger partial charge in [0.15, 0.2) is 0 Å². The molecular weight excluding hydrogens is 274 g/mol. The molecule has 1 aromatic carbocycles. The maximum Gasteiger partial charge on any atom is 0.240 e. The van der Waals surface area contributed by atoms with Gasteiger partial charge < -0.3 is 5.73 Å². The molecule has 1 aromatic rings. The normalized spacial score (nSPS) is 10.4. The van der Waals surface area contributed by atoms with Gasteiger partial charge >= 0.3 is 0 Å². The van der Waals surface area contributed by atoms with Crippen LogP contribution in [0.15, 0.2) is 29.2 Å². The quantitative estimate of drug-likeness (QED) is 0.764. The highest BCUT2D eigenvalue weighted by atomic mass is 35.5. The smallest absolute Gasteiger partial charge is 0.240 e. The lowest BCUT2D eigenvalue weighted by Gasteiger charge is -2.06. The Labute approximate surface area is 113 Å². The van der Waals surface area contributed by atoms with Gasteiger partial charge in [-0.25, -0.2) is 13.1 Å². The average Bonchev–Trinajstić information content (AvgIpc) is 2.35. The number of unbranched alkanes of at least 4 members (excludes halogenated alkanes) is 1. The second-order valence-electron chi connectivity index (χ2n) is 3.53. The van der Waals surface area contributed by atoms with Crippen molar-refractivity contribution in [2.45, 2.75) is 17.7 Å². The molecule has 5 nitrogen and oxygen atoms in total. The van der Waals surface area contributed by atoms with Crippen molar-refractivity contribution in [2.75, 3.05) is 13.1 Å². The lowest BCUT2D eigenvalue weighted by Crippen LogP contribution is -2.25. The number of nitrogens with one attached hydrogen (secondary N) is 1. The number of nitriles is 1. The number of halogens is 1. The van der Waals surface area contributed by atoms with E-state index < -0.39 is 10.0 Å². The van der Waals surface area contributed by atoms with Crippen LogP contribution >= 0.6 is 12.4 Å². The monoisotopic (exact) mass is 289 g/mol. The predicted molar refractivity (Wildman–Crippen MR) is 71.9 cm³/mol. The summed E-state index contributed by atoms with van der Waals surface area (Å²) in [7, 11) is -3.47. The third-order valence-electron chi connectivity index (χ3n) is 2.22. The summed E-state index contributed by atoms with van der Waals surface area (Å²) in [6, 6.07) is 7.74. The molecule has 0 radical (unpaired) electrons. The zero-order valence-corrected chi connectivity index (χ0v) is 11.4. The van der Waals surface area contributed by atoms with Crippen molar-refractivity contribution < 1.29 is 8.42 Å². The molecule has 0 fully saturated rings. The van der Waals surface area contributed by atoms with E-state index in [0.29, 0.717) is 25.1 Å². The summed E-state index contributed by atoms with van der Waals surface area (Å²) in [5.41, 5.74) is 5.75. The van der Waals surface area contributed by atoms with Gasteiger partial charge in [0.05, 0.1) is 16.5 Å². The second-order valence-corrected chi connectivity index (χ2v) is 5.30. The van der Waals surface area contributed by atoms with Gasteiger partial charge in [-0.05, 0) is 43.7 Å². The van der Waals surface area contributed by atoms with Crippen molar-refractivity contribution in [1.82, 2.24) is 4.72 Å². The minimum Gasteiger partial charge on any atom is -0.330 e. The van der Waals surface area contributed by atoms with Gasteiger partial charge in [-0.3, -0.25) is 0 Å². The molecule has 0 unspecified atom stereocenters. The highest BCUT2D eigenvalue weighted by molar-refractivity contribution is 7.89. The molecule has 0 spiro atoms. The Bertz CT molecular complexity index is 494. The summed E-state index contributed by atoms with van der Waals surface area (Å²) in [4.78, 5) is 0.171. The lowest BCUT2D eigenvalue weighted by atomic mass is 10.2. The molecule has 3 N–H and O–H groups in total. The summed E-state index contributed by atoms with van der Waals surface area (Å²) in [5, 5.41) is 8.60. The van der Waals surface area contributed by atoms with E-state index >= 15 is 0 Å². The number of benzene rings is 1. The molecule has 0 aliphatic rings. The first kappa shape index (κ1) is 16.9. The Kier molecular flexibility index (Phi) is 7.55. The second kappa shape index (κ2) is 8.06. The summed E-state index contributed by atoms with van der Waals surface area (Å²) >= 11 is 0. The van der Waals surface area contributed by atoms with Crippen molar-refractivity contribution in [3.63, 3.8) is 0 Å². The van der Waals surface area contributed by atoms with Crippen LogP contribution in [0.1, 0.15) is 18.4 Å². The molecule has 0 atom stereocenters. The van der Waals surface area contributed by atoms with Gasteiger partial charge in [-0.15, -0.1) is 12.4 Å². The molecule has 18 heavy (non-hydrogen) atoms. The molecule has 0 heterocycles. The van der Waals surface area contributed by atoms with Crippen LogP contribution in [0.5, 0.6) is 0 Å². The van der Waals surface area contributed by atoms with Crippen molar-refractivity contribution in [1.29, 1.82) is 5.26 Å². The first-order valence-electron chi connectivity index (χ1n) is 5.30. The van der Waals surface area contributed by atoms with Gasteiger partial charge in [0.2, 0.25) is 10.0 Å². The minimum atomic E-state index is -3.47. The Hall–Kier alpha value is -1.13. The first-order valence-corrected chi connectivity index (χ1v) is 6.78. The topological polar surface area (TPSA) is 96.0 Å². The number of sulfonamides is 1. The highest BCUT2D eigenvalue weighted by Crippen LogP contribution is 2.09. The van der Waals surface area contributed by atoms with Crippen LogP contribution in [0.4, 0.5) is 0 Å². The van der Waals surface area contributed by atoms with Crippen LogP contribution in [0.2, 0.25) is 0 Å². The van der Waals surface area contributed by atoms with E-state index in [1.807, 2.05) is 6.07 Å². The van der Waals surface area contributed by atoms with Crippen molar-refractivity contribution in [3.8, 4) is 6.07 Å². The SMILES string of the molecule is Cl.N#Cc1ccc(S(=O)(=O)NCCCCN)cc1. The average molecular weight is 290 g/mol. The van der Waals surface area contributed by atoms with Crippen molar-refractivity contribution in [3.05, 3.63) is 29.8 Å². The fourth-order valence-electron chi connectivity index (χ4n) is 1.27. The maximum absolute atomic E-state index is 11.8. The van der Waals surface area contributed by atoms with E-state index in [4.69, 9.17) is 11.0 Å². The Morgan fingerprint density at radius 3 is 2.33 bits per heavy atom. The number of hydrogen-bond donors (Lipinski definition) is 2. The number of nitrogens with two attached hydrogens (primary N) is 1. The molecule has 0 aliphatic carbocycles. The van der Waals surface area contributed by atoms with E-state index in [1.54, 1.807) is 0 Å². The van der Waals surface area contributed by atoms with E-state index in [-0.39, 0.29) is 17.3 Å². The molecule has 0 aromatic heterocycles. The van der Waals surface area contributed by atoms with Gasteiger partial charge in [0.1, 0.15) is 0 Å². The Morgan fingerprint density at radius 1 is 1.22 bits per heavy atom. The molecule has 1 rings (SSSR count). The molecule has 0 amide bonds. The molecule has 0 aliphatic heterocycles. The molecule has 0 saturated carbocycles. The van der Waals surface area contributed by atoms with Crippen LogP contribution in [-0.4, -0.2) is 21.5 Å². The van der Waals surface area contributed by atoms with Crippen LogP contribution < -0.4 is 10.5 Å². The molecule has 0 bridgehead atoms. The summed E-state index contributed by atoms with van der Waals surface area (Å²) in [5.74, 6) is 0. The van der Waals surface area contributed by atoms with Crippen molar-refractivity contribution in [2.24, 2.45) is 5.73 Å². The summed E-state index contributed by atoms with van der Waals surface area (Å²) in [6.07, 6.45) is 1.50. The molecule has 100 valence electrons. The van der Waals surface area contributed by atoms with Crippen LogP contribution in [0, 0.1) is 11.3 Å².